The van der Waals surface area contributed by atoms with Gasteiger partial charge in [0.05, 0.1) is 0 Å². The van der Waals surface area contributed by atoms with Gasteiger partial charge in [-0.25, -0.2) is 0 Å². The molecule has 73 valence electrons. The predicted molar refractivity (Wildman–Crippen MR) is 59.2 cm³/mol. The first-order valence-corrected chi connectivity index (χ1v) is 4.02. The zero-order valence-corrected chi connectivity index (χ0v) is 10.4. The molecule has 1 aromatic carbocycles. The number of hydrogen-bond donors (Lipinski definition) is 2. The molecule has 15 heavy (non-hydrogen) atoms. The van der Waals surface area contributed by atoms with Crippen molar-refractivity contribution < 1.29 is 9.59 Å². The van der Waals surface area contributed by atoms with Gasteiger partial charge >= 0.3 is 0 Å². The topological polar surface area (TPSA) is 72.2 Å². The van der Waals surface area contributed by atoms with E-state index in [0.29, 0.717) is 5.69 Å². The first-order chi connectivity index (χ1) is 6.68. The Balaban J connectivity index is 0.00000196. The van der Waals surface area contributed by atoms with Crippen LogP contribution in [0.3, 0.4) is 0 Å². The van der Waals surface area contributed by atoms with Crippen molar-refractivity contribution in [1.82, 2.24) is 0 Å². The van der Waals surface area contributed by atoms with Crippen LogP contribution < -0.4 is 11.1 Å². The van der Waals surface area contributed by atoms with Crippen LogP contribution in [0.5, 0.6) is 0 Å². The Labute approximate surface area is 110 Å². The Kier molecular flexibility index (Phi) is 6.70. The average molecular weight is 213 g/mol. The number of benzene rings is 1. The third-order valence-electron chi connectivity index (χ3n) is 1.44. The summed E-state index contributed by atoms with van der Waals surface area (Å²) in [5.74, 6) is -1.02. The molecule has 1 radical (unpaired) electrons. The Morgan fingerprint density at radius 1 is 1.13 bits per heavy atom. The molecule has 0 fully saturated rings. The maximum Gasteiger partial charge on any atom is 0.248 e. The van der Waals surface area contributed by atoms with Crippen molar-refractivity contribution in [2.24, 2.45) is 5.73 Å². The molecule has 0 unspecified atom stereocenters. The van der Waals surface area contributed by atoms with Crippen LogP contribution in [0.15, 0.2) is 42.5 Å². The molecular weight excluding hydrogens is 203 g/mol. The molecule has 0 aliphatic carbocycles. The van der Waals surface area contributed by atoms with Crippen LogP contribution in [-0.2, 0) is 9.59 Å². The Morgan fingerprint density at radius 2 is 1.73 bits per heavy atom. The number of amides is 2. The van der Waals surface area contributed by atoms with E-state index in [2.05, 4.69) is 5.32 Å². The maximum absolute atomic E-state index is 11.1. The van der Waals surface area contributed by atoms with Crippen molar-refractivity contribution in [3.05, 3.63) is 42.5 Å². The first-order valence-electron chi connectivity index (χ1n) is 4.02. The van der Waals surface area contributed by atoms with Crippen LogP contribution in [0, 0.1) is 0 Å². The minimum Gasteiger partial charge on any atom is -0.366 e. The van der Waals surface area contributed by atoms with Gasteiger partial charge in [-0.2, -0.15) is 0 Å². The molecule has 0 aliphatic heterocycles. The molecule has 0 saturated carbocycles. The largest absolute Gasteiger partial charge is 0.366 e. The molecule has 0 aliphatic rings. The van der Waals surface area contributed by atoms with Crippen molar-refractivity contribution in [2.75, 3.05) is 5.32 Å². The van der Waals surface area contributed by atoms with Crippen LogP contribution in [0.1, 0.15) is 0 Å². The van der Waals surface area contributed by atoms with Gasteiger partial charge in [0, 0.05) is 47.4 Å². The standard InChI is InChI=1S/C10H10N2O2.Na/c11-9(13)6-7-10(14)12-8-4-2-1-3-5-8;/h1-7H,(H2,11,13)(H,12,14);/b7-6-;. The number of anilines is 1. The molecule has 1 rings (SSSR count). The fourth-order valence-corrected chi connectivity index (χ4v) is 0.863. The summed E-state index contributed by atoms with van der Waals surface area (Å²) in [4.78, 5) is 21.4. The first kappa shape index (κ1) is 13.9. The molecule has 3 N–H and O–H groups in total. The summed E-state index contributed by atoms with van der Waals surface area (Å²) in [5.41, 5.74) is 5.50. The fraction of sp³-hybridized carbons (Fsp3) is 0. The van der Waals surface area contributed by atoms with Crippen molar-refractivity contribution in [3.63, 3.8) is 0 Å². The normalized spacial score (nSPS) is 9.33. The van der Waals surface area contributed by atoms with E-state index in [1.165, 1.54) is 0 Å². The third-order valence-corrected chi connectivity index (χ3v) is 1.44. The smallest absolute Gasteiger partial charge is 0.248 e. The van der Waals surface area contributed by atoms with Gasteiger partial charge in [0.1, 0.15) is 0 Å². The van der Waals surface area contributed by atoms with Gasteiger partial charge in [-0.15, -0.1) is 0 Å². The number of rotatable bonds is 3. The van der Waals surface area contributed by atoms with E-state index >= 15 is 0 Å². The number of carbonyl (C=O) groups is 2. The number of carbonyl (C=O) groups excluding carboxylic acids is 2. The number of primary amides is 1. The fourth-order valence-electron chi connectivity index (χ4n) is 0.863. The van der Waals surface area contributed by atoms with Gasteiger partial charge < -0.3 is 11.1 Å². The van der Waals surface area contributed by atoms with Gasteiger partial charge in [-0.3, -0.25) is 9.59 Å². The van der Waals surface area contributed by atoms with Gasteiger partial charge in [-0.05, 0) is 12.1 Å². The van der Waals surface area contributed by atoms with Crippen LogP contribution in [0.2, 0.25) is 0 Å². The molecule has 2 amide bonds. The molecule has 0 spiro atoms. The molecule has 4 nitrogen and oxygen atoms in total. The van der Waals surface area contributed by atoms with Crippen molar-refractivity contribution in [3.8, 4) is 0 Å². The van der Waals surface area contributed by atoms with Crippen molar-refractivity contribution in [1.29, 1.82) is 0 Å². The minimum absolute atomic E-state index is 0. The van der Waals surface area contributed by atoms with E-state index in [-0.39, 0.29) is 35.5 Å². The third kappa shape index (κ3) is 6.06. The molecule has 5 heteroatoms. The van der Waals surface area contributed by atoms with Crippen molar-refractivity contribution >= 4 is 47.1 Å². The molecule has 0 bridgehead atoms. The monoisotopic (exact) mass is 213 g/mol. The zero-order valence-electron chi connectivity index (χ0n) is 8.44. The summed E-state index contributed by atoms with van der Waals surface area (Å²) < 4.78 is 0. The molecular formula is C10H10N2NaO2. The van der Waals surface area contributed by atoms with Gasteiger partial charge in [-0.1, -0.05) is 18.2 Å². The summed E-state index contributed by atoms with van der Waals surface area (Å²) in [5, 5.41) is 2.56. The summed E-state index contributed by atoms with van der Waals surface area (Å²) in [6.45, 7) is 0. The van der Waals surface area contributed by atoms with E-state index in [4.69, 9.17) is 5.73 Å². The van der Waals surface area contributed by atoms with E-state index < -0.39 is 5.91 Å². The molecule has 0 saturated heterocycles. The summed E-state index contributed by atoms with van der Waals surface area (Å²) >= 11 is 0. The number of nitrogens with two attached hydrogens (primary N) is 1. The number of para-hydroxylation sites is 1. The number of hydrogen-bond acceptors (Lipinski definition) is 2. The van der Waals surface area contributed by atoms with E-state index in [9.17, 15) is 9.59 Å². The van der Waals surface area contributed by atoms with Gasteiger partial charge in [0.15, 0.2) is 0 Å². The average Bonchev–Trinajstić information content (AvgIpc) is 2.16. The summed E-state index contributed by atoms with van der Waals surface area (Å²) in [7, 11) is 0. The molecule has 0 heterocycles. The summed E-state index contributed by atoms with van der Waals surface area (Å²) in [6, 6.07) is 8.93. The Bertz CT molecular complexity index is 363. The predicted octanol–water partition coefficient (Wildman–Crippen LogP) is 0.286. The molecule has 0 atom stereocenters. The Hall–Kier alpha value is -1.10. The van der Waals surface area contributed by atoms with E-state index in [1.807, 2.05) is 6.07 Å². The number of nitrogens with one attached hydrogen (secondary N) is 1. The van der Waals surface area contributed by atoms with E-state index in [0.717, 1.165) is 12.2 Å². The second kappa shape index (κ2) is 7.23. The summed E-state index contributed by atoms with van der Waals surface area (Å²) in [6.07, 6.45) is 2.10. The van der Waals surface area contributed by atoms with Crippen LogP contribution in [0.4, 0.5) is 5.69 Å². The van der Waals surface area contributed by atoms with Gasteiger partial charge in [0.2, 0.25) is 11.8 Å². The minimum atomic E-state index is -0.645. The maximum atomic E-state index is 11.1. The van der Waals surface area contributed by atoms with Crippen LogP contribution in [-0.4, -0.2) is 41.4 Å². The van der Waals surface area contributed by atoms with Crippen LogP contribution in [0.25, 0.3) is 0 Å². The van der Waals surface area contributed by atoms with Gasteiger partial charge in [0.25, 0.3) is 0 Å². The zero-order chi connectivity index (χ0) is 10.4. The van der Waals surface area contributed by atoms with Crippen LogP contribution >= 0.6 is 0 Å². The quantitative estimate of drug-likeness (QED) is 0.559. The van der Waals surface area contributed by atoms with Crippen molar-refractivity contribution in [2.45, 2.75) is 0 Å². The van der Waals surface area contributed by atoms with E-state index in [1.54, 1.807) is 24.3 Å². The second-order valence-corrected chi connectivity index (χ2v) is 2.59. The molecule has 0 aromatic heterocycles. The Morgan fingerprint density at radius 3 is 2.27 bits per heavy atom. The second-order valence-electron chi connectivity index (χ2n) is 2.59. The SMILES string of the molecule is NC(=O)/C=C\C(=O)Nc1ccccc1.[Na]. The molecule has 1 aromatic rings.